The Hall–Kier alpha value is -1.88. The van der Waals surface area contributed by atoms with Gasteiger partial charge in [-0.25, -0.2) is 4.79 Å². The molecular weight excluding hydrogens is 294 g/mol. The number of aliphatic carboxylic acids is 1. The van der Waals surface area contributed by atoms with E-state index in [4.69, 9.17) is 9.84 Å². The van der Waals surface area contributed by atoms with Crippen LogP contribution in [0.4, 0.5) is 5.69 Å². The number of nitrogens with one attached hydrogen (secondary N) is 1. The first-order valence-electron chi connectivity index (χ1n) is 8.12. The van der Waals surface area contributed by atoms with Crippen molar-refractivity contribution in [1.29, 1.82) is 0 Å². The van der Waals surface area contributed by atoms with Crippen LogP contribution in [0.1, 0.15) is 63.5 Å². The summed E-state index contributed by atoms with van der Waals surface area (Å²) in [6, 6.07) is 6.06. The van der Waals surface area contributed by atoms with Gasteiger partial charge >= 0.3 is 5.97 Å². The number of ether oxygens (including phenoxy) is 1. The molecular formula is C18H25NO4. The molecule has 1 aliphatic rings. The molecule has 1 aliphatic heterocycles. The molecule has 0 saturated carbocycles. The maximum atomic E-state index is 12.3. The second-order valence-electron chi connectivity index (χ2n) is 6.67. The molecule has 0 radical (unpaired) electrons. The van der Waals surface area contributed by atoms with Crippen LogP contribution in [0.15, 0.2) is 18.2 Å². The number of carboxylic acids is 1. The monoisotopic (exact) mass is 319 g/mol. The van der Waals surface area contributed by atoms with Crippen LogP contribution in [0.3, 0.4) is 0 Å². The Bertz CT molecular complexity index is 595. The van der Waals surface area contributed by atoms with Gasteiger partial charge in [0.15, 0.2) is 6.10 Å². The molecule has 0 aromatic heterocycles. The highest BCUT2D eigenvalue weighted by molar-refractivity contribution is 5.95. The minimum absolute atomic E-state index is 0.270. The van der Waals surface area contributed by atoms with Gasteiger partial charge < -0.3 is 15.2 Å². The van der Waals surface area contributed by atoms with Crippen molar-refractivity contribution in [3.8, 4) is 0 Å². The zero-order chi connectivity index (χ0) is 17.1. The van der Waals surface area contributed by atoms with Gasteiger partial charge in [0.1, 0.15) is 6.10 Å². The molecule has 1 fully saturated rings. The van der Waals surface area contributed by atoms with Crippen LogP contribution in [-0.4, -0.2) is 29.2 Å². The first-order chi connectivity index (χ1) is 10.8. The van der Waals surface area contributed by atoms with Gasteiger partial charge in [-0.15, -0.1) is 0 Å². The molecule has 1 aromatic carbocycles. The molecule has 5 nitrogen and oxygen atoms in total. The number of carboxylic acid groups (broad SMARTS) is 1. The number of hydrogen-bond donors (Lipinski definition) is 2. The number of carbonyl (C=O) groups is 2. The zero-order valence-electron chi connectivity index (χ0n) is 14.1. The third kappa shape index (κ3) is 4.10. The van der Waals surface area contributed by atoms with Crippen LogP contribution in [-0.2, 0) is 14.3 Å². The van der Waals surface area contributed by atoms with E-state index < -0.39 is 18.2 Å². The lowest BCUT2D eigenvalue weighted by atomic mass is 9.94. The normalized spacial score (nSPS) is 21.0. The van der Waals surface area contributed by atoms with E-state index in [1.807, 2.05) is 12.1 Å². The molecule has 2 rings (SSSR count). The fourth-order valence-electron chi connectivity index (χ4n) is 2.76. The van der Waals surface area contributed by atoms with Crippen molar-refractivity contribution in [1.82, 2.24) is 0 Å². The molecule has 0 unspecified atom stereocenters. The summed E-state index contributed by atoms with van der Waals surface area (Å²) in [5.41, 5.74) is 3.09. The summed E-state index contributed by atoms with van der Waals surface area (Å²) in [6.07, 6.45) is -0.764. The first-order valence-corrected chi connectivity index (χ1v) is 8.12. The van der Waals surface area contributed by atoms with Gasteiger partial charge in [0.2, 0.25) is 0 Å². The highest BCUT2D eigenvalue weighted by Gasteiger charge is 2.34. The summed E-state index contributed by atoms with van der Waals surface area (Å²) in [4.78, 5) is 23.3. The van der Waals surface area contributed by atoms with E-state index in [0.717, 1.165) is 11.3 Å². The zero-order valence-corrected chi connectivity index (χ0v) is 14.1. The minimum Gasteiger partial charge on any atom is -0.479 e. The van der Waals surface area contributed by atoms with Crippen molar-refractivity contribution in [2.45, 2.75) is 64.6 Å². The van der Waals surface area contributed by atoms with E-state index in [-0.39, 0.29) is 11.8 Å². The van der Waals surface area contributed by atoms with E-state index in [9.17, 15) is 9.59 Å². The second kappa shape index (κ2) is 7.13. The number of hydrogen-bond acceptors (Lipinski definition) is 3. The van der Waals surface area contributed by atoms with Crippen molar-refractivity contribution in [3.63, 3.8) is 0 Å². The second-order valence-corrected chi connectivity index (χ2v) is 6.67. The van der Waals surface area contributed by atoms with Crippen LogP contribution in [0.5, 0.6) is 0 Å². The van der Waals surface area contributed by atoms with Crippen LogP contribution in [0.25, 0.3) is 0 Å². The van der Waals surface area contributed by atoms with Crippen molar-refractivity contribution < 1.29 is 19.4 Å². The highest BCUT2D eigenvalue weighted by atomic mass is 16.5. The fraction of sp³-hybridized carbons (Fsp3) is 0.556. The highest BCUT2D eigenvalue weighted by Crippen LogP contribution is 2.29. The molecule has 1 saturated heterocycles. The first kappa shape index (κ1) is 17.5. The van der Waals surface area contributed by atoms with Gasteiger partial charge in [-0.3, -0.25) is 4.79 Å². The Balaban J connectivity index is 2.13. The molecule has 2 atom stereocenters. The van der Waals surface area contributed by atoms with Crippen LogP contribution in [0.2, 0.25) is 0 Å². The Morgan fingerprint density at radius 3 is 2.30 bits per heavy atom. The molecule has 23 heavy (non-hydrogen) atoms. The maximum Gasteiger partial charge on any atom is 0.332 e. The molecule has 0 aliphatic carbocycles. The molecule has 0 spiro atoms. The summed E-state index contributed by atoms with van der Waals surface area (Å²) in [5, 5.41) is 11.8. The Morgan fingerprint density at radius 1 is 1.13 bits per heavy atom. The largest absolute Gasteiger partial charge is 0.479 e. The molecule has 1 amide bonds. The summed E-state index contributed by atoms with van der Waals surface area (Å²) in [6.45, 7) is 8.44. The lowest BCUT2D eigenvalue weighted by molar-refractivity contribution is -0.150. The standard InChI is InChI=1S/C18H25NO4/c1-10(2)12-5-6-14(13(9-12)11(3)4)19-17(20)15-7-8-16(23-15)18(21)22/h5-6,9-11,15-16H,7-8H2,1-4H3,(H,19,20)(H,21,22)/t15-,16+/m0/s1. The number of benzene rings is 1. The van der Waals surface area contributed by atoms with Gasteiger partial charge in [-0.1, -0.05) is 39.8 Å². The number of amides is 1. The quantitative estimate of drug-likeness (QED) is 0.871. The van der Waals surface area contributed by atoms with Crippen molar-refractivity contribution in [3.05, 3.63) is 29.3 Å². The third-order valence-corrected chi connectivity index (χ3v) is 4.21. The van der Waals surface area contributed by atoms with Crippen LogP contribution >= 0.6 is 0 Å². The summed E-state index contributed by atoms with van der Waals surface area (Å²) in [7, 11) is 0. The van der Waals surface area contributed by atoms with Gasteiger partial charge in [0.25, 0.3) is 5.91 Å². The summed E-state index contributed by atoms with van der Waals surface area (Å²) in [5.74, 6) is -0.579. The molecule has 1 heterocycles. The topological polar surface area (TPSA) is 75.6 Å². The number of anilines is 1. The van der Waals surface area contributed by atoms with Gasteiger partial charge in [0.05, 0.1) is 0 Å². The average molecular weight is 319 g/mol. The molecule has 5 heteroatoms. The van der Waals surface area contributed by atoms with Crippen LogP contribution in [0, 0.1) is 0 Å². The van der Waals surface area contributed by atoms with Crippen molar-refractivity contribution in [2.75, 3.05) is 5.32 Å². The average Bonchev–Trinajstić information content (AvgIpc) is 2.97. The van der Waals surface area contributed by atoms with Crippen molar-refractivity contribution in [2.24, 2.45) is 0 Å². The third-order valence-electron chi connectivity index (χ3n) is 4.21. The number of rotatable bonds is 5. The van der Waals surface area contributed by atoms with Crippen molar-refractivity contribution >= 4 is 17.6 Å². The van der Waals surface area contributed by atoms with E-state index >= 15 is 0 Å². The minimum atomic E-state index is -1.01. The predicted molar refractivity (Wildman–Crippen MR) is 88.8 cm³/mol. The predicted octanol–water partition coefficient (Wildman–Crippen LogP) is 3.50. The van der Waals surface area contributed by atoms with E-state index in [2.05, 4.69) is 39.1 Å². The van der Waals surface area contributed by atoms with E-state index in [1.165, 1.54) is 5.56 Å². The van der Waals surface area contributed by atoms with E-state index in [0.29, 0.717) is 18.8 Å². The van der Waals surface area contributed by atoms with Crippen LogP contribution < -0.4 is 5.32 Å². The SMILES string of the molecule is CC(C)c1ccc(NC(=O)[C@@H]2CC[C@H](C(=O)O)O2)c(C(C)C)c1. The Kier molecular flexibility index (Phi) is 5.42. The molecule has 126 valence electrons. The van der Waals surface area contributed by atoms with E-state index in [1.54, 1.807) is 0 Å². The molecule has 0 bridgehead atoms. The number of carbonyl (C=O) groups excluding carboxylic acids is 1. The maximum absolute atomic E-state index is 12.3. The Morgan fingerprint density at radius 2 is 1.78 bits per heavy atom. The fourth-order valence-corrected chi connectivity index (χ4v) is 2.76. The Labute approximate surface area is 137 Å². The summed E-state index contributed by atoms with van der Waals surface area (Å²) >= 11 is 0. The smallest absolute Gasteiger partial charge is 0.332 e. The molecule has 2 N–H and O–H groups in total. The van der Waals surface area contributed by atoms with Gasteiger partial charge in [0, 0.05) is 5.69 Å². The lowest BCUT2D eigenvalue weighted by Crippen LogP contribution is -2.30. The molecule has 1 aromatic rings. The lowest BCUT2D eigenvalue weighted by Gasteiger charge is -2.18. The van der Waals surface area contributed by atoms with Gasteiger partial charge in [-0.05, 0) is 41.9 Å². The summed E-state index contributed by atoms with van der Waals surface area (Å²) < 4.78 is 5.31. The van der Waals surface area contributed by atoms with Gasteiger partial charge in [-0.2, -0.15) is 0 Å².